The fourth-order valence-electron chi connectivity index (χ4n) is 2.80. The lowest BCUT2D eigenvalue weighted by molar-refractivity contribution is 0.146. The summed E-state index contributed by atoms with van der Waals surface area (Å²) in [6.45, 7) is 3.84. The summed E-state index contributed by atoms with van der Waals surface area (Å²) >= 11 is 6.12. The molecule has 2 aliphatic rings. The predicted octanol–water partition coefficient (Wildman–Crippen LogP) is 1.37. The number of halogens is 2. The van der Waals surface area contributed by atoms with Crippen LogP contribution in [0.4, 0.5) is 0 Å². The van der Waals surface area contributed by atoms with Crippen LogP contribution in [0.3, 0.4) is 0 Å². The van der Waals surface area contributed by atoms with Gasteiger partial charge in [0.25, 0.3) is 0 Å². The topological polar surface area (TPSA) is 53.5 Å². The van der Waals surface area contributed by atoms with Crippen LogP contribution in [0, 0.1) is 5.92 Å². The molecule has 0 saturated carbocycles. The van der Waals surface area contributed by atoms with Gasteiger partial charge in [-0.15, -0.1) is 12.4 Å². The molecule has 0 aliphatic carbocycles. The second-order valence-electron chi connectivity index (χ2n) is 5.27. The fourth-order valence-corrected chi connectivity index (χ4v) is 3.06. The lowest BCUT2D eigenvalue weighted by Crippen LogP contribution is -2.30. The van der Waals surface area contributed by atoms with Gasteiger partial charge in [-0.05, 0) is 17.7 Å². The quantitative estimate of drug-likeness (QED) is 0.785. The molecule has 0 aromatic heterocycles. The van der Waals surface area contributed by atoms with Crippen molar-refractivity contribution < 1.29 is 9.84 Å². The van der Waals surface area contributed by atoms with Gasteiger partial charge in [0.05, 0.1) is 12.7 Å². The van der Waals surface area contributed by atoms with Gasteiger partial charge in [-0.3, -0.25) is 0 Å². The van der Waals surface area contributed by atoms with Gasteiger partial charge < -0.3 is 20.5 Å². The van der Waals surface area contributed by atoms with Gasteiger partial charge in [0, 0.05) is 49.1 Å². The second kappa shape index (κ2) is 6.96. The van der Waals surface area contributed by atoms with Gasteiger partial charge in [0.15, 0.2) is 0 Å². The van der Waals surface area contributed by atoms with Crippen LogP contribution in [-0.4, -0.2) is 37.5 Å². The highest BCUT2D eigenvalue weighted by atomic mass is 35.5. The number of aliphatic hydroxyl groups is 1. The largest absolute Gasteiger partial charge is 0.493 e. The van der Waals surface area contributed by atoms with Crippen molar-refractivity contribution >= 4 is 24.0 Å². The monoisotopic (exact) mass is 318 g/mol. The van der Waals surface area contributed by atoms with E-state index in [4.69, 9.17) is 16.3 Å². The van der Waals surface area contributed by atoms with Crippen molar-refractivity contribution in [1.29, 1.82) is 0 Å². The number of fused-ring (bicyclic) bond motifs is 1. The number of hydrogen-bond donors (Lipinski definition) is 3. The minimum atomic E-state index is -0.242. The lowest BCUT2D eigenvalue weighted by Gasteiger charge is -2.15. The van der Waals surface area contributed by atoms with Crippen molar-refractivity contribution in [2.45, 2.75) is 19.1 Å². The molecule has 3 N–H and O–H groups in total. The number of benzene rings is 1. The Morgan fingerprint density at radius 2 is 2.25 bits per heavy atom. The Hall–Kier alpha value is -0.520. The summed E-state index contributed by atoms with van der Waals surface area (Å²) in [6.07, 6.45) is 0.697. The summed E-state index contributed by atoms with van der Waals surface area (Å²) in [5.74, 6) is 1.27. The Balaban J connectivity index is 0.00000147. The van der Waals surface area contributed by atoms with E-state index in [0.717, 1.165) is 49.0 Å². The third kappa shape index (κ3) is 3.38. The number of β-amino-alcohol motifs (C(OH)–C–C–N with tert-alkyl or cyclic N) is 1. The van der Waals surface area contributed by atoms with Crippen molar-refractivity contribution in [2.24, 2.45) is 5.92 Å². The van der Waals surface area contributed by atoms with Gasteiger partial charge >= 0.3 is 0 Å². The first-order valence-electron chi connectivity index (χ1n) is 6.77. The van der Waals surface area contributed by atoms with Crippen LogP contribution in [0.25, 0.3) is 0 Å². The summed E-state index contributed by atoms with van der Waals surface area (Å²) in [5.41, 5.74) is 2.31. The minimum absolute atomic E-state index is 0. The van der Waals surface area contributed by atoms with Crippen LogP contribution in [0.1, 0.15) is 11.1 Å². The molecule has 0 radical (unpaired) electrons. The van der Waals surface area contributed by atoms with E-state index >= 15 is 0 Å². The Morgan fingerprint density at radius 3 is 3.00 bits per heavy atom. The predicted molar refractivity (Wildman–Crippen MR) is 82.0 cm³/mol. The molecule has 4 nitrogen and oxygen atoms in total. The first-order chi connectivity index (χ1) is 9.24. The molecule has 1 saturated heterocycles. The number of hydrogen-bond acceptors (Lipinski definition) is 4. The second-order valence-corrected chi connectivity index (χ2v) is 5.70. The van der Waals surface area contributed by atoms with E-state index in [-0.39, 0.29) is 24.4 Å². The lowest BCUT2D eigenvalue weighted by atomic mass is 10.1. The number of aliphatic hydroxyl groups excluding tert-OH is 1. The fraction of sp³-hybridized carbons (Fsp3) is 0.571. The SMILES string of the molecule is Cl.OC1CNCC1CNCc1cc(Cl)cc2c1OCC2. The average Bonchev–Trinajstić information content (AvgIpc) is 2.98. The zero-order chi connectivity index (χ0) is 13.2. The molecule has 112 valence electrons. The van der Waals surface area contributed by atoms with Crippen LogP contribution in [0.5, 0.6) is 5.75 Å². The van der Waals surface area contributed by atoms with Crippen molar-refractivity contribution in [3.05, 3.63) is 28.3 Å². The molecule has 1 aromatic carbocycles. The van der Waals surface area contributed by atoms with Crippen molar-refractivity contribution in [3.63, 3.8) is 0 Å². The molecule has 2 atom stereocenters. The van der Waals surface area contributed by atoms with Crippen LogP contribution in [0.2, 0.25) is 5.02 Å². The van der Waals surface area contributed by atoms with E-state index in [1.807, 2.05) is 12.1 Å². The molecule has 6 heteroatoms. The summed E-state index contributed by atoms with van der Waals surface area (Å²) in [4.78, 5) is 0. The van der Waals surface area contributed by atoms with E-state index in [9.17, 15) is 5.11 Å². The molecule has 2 unspecified atom stereocenters. The Kier molecular flexibility index (Phi) is 5.52. The van der Waals surface area contributed by atoms with E-state index in [2.05, 4.69) is 10.6 Å². The van der Waals surface area contributed by atoms with Crippen LogP contribution in [-0.2, 0) is 13.0 Å². The molecule has 0 spiro atoms. The summed E-state index contributed by atoms with van der Waals surface area (Å²) in [7, 11) is 0. The number of nitrogens with one attached hydrogen (secondary N) is 2. The van der Waals surface area contributed by atoms with Crippen LogP contribution in [0.15, 0.2) is 12.1 Å². The van der Waals surface area contributed by atoms with Crippen LogP contribution < -0.4 is 15.4 Å². The zero-order valence-corrected chi connectivity index (χ0v) is 12.8. The molecular formula is C14H20Cl2N2O2. The van der Waals surface area contributed by atoms with E-state index in [0.29, 0.717) is 6.54 Å². The first kappa shape index (κ1) is 15.9. The van der Waals surface area contributed by atoms with E-state index in [1.165, 1.54) is 5.56 Å². The van der Waals surface area contributed by atoms with Gasteiger partial charge in [-0.1, -0.05) is 11.6 Å². The maximum absolute atomic E-state index is 9.74. The van der Waals surface area contributed by atoms with Crippen LogP contribution >= 0.6 is 24.0 Å². The highest BCUT2D eigenvalue weighted by Gasteiger charge is 2.24. The Bertz CT molecular complexity index is 471. The zero-order valence-electron chi connectivity index (χ0n) is 11.2. The molecule has 1 aromatic rings. The molecule has 20 heavy (non-hydrogen) atoms. The highest BCUT2D eigenvalue weighted by molar-refractivity contribution is 6.30. The number of ether oxygens (including phenoxy) is 1. The summed E-state index contributed by atoms with van der Waals surface area (Å²) in [5, 5.41) is 17.1. The molecule has 2 aliphatic heterocycles. The molecule has 3 rings (SSSR count). The van der Waals surface area contributed by atoms with Crippen molar-refractivity contribution in [3.8, 4) is 5.75 Å². The molecule has 2 heterocycles. The first-order valence-corrected chi connectivity index (χ1v) is 7.15. The summed E-state index contributed by atoms with van der Waals surface area (Å²) in [6, 6.07) is 3.94. The maximum Gasteiger partial charge on any atom is 0.127 e. The average molecular weight is 319 g/mol. The smallest absolute Gasteiger partial charge is 0.127 e. The van der Waals surface area contributed by atoms with Gasteiger partial charge in [-0.2, -0.15) is 0 Å². The third-order valence-corrected chi connectivity index (χ3v) is 4.07. The Morgan fingerprint density at radius 1 is 1.40 bits per heavy atom. The van der Waals surface area contributed by atoms with Gasteiger partial charge in [-0.25, -0.2) is 0 Å². The van der Waals surface area contributed by atoms with E-state index < -0.39 is 0 Å². The van der Waals surface area contributed by atoms with Gasteiger partial charge in [0.2, 0.25) is 0 Å². The van der Waals surface area contributed by atoms with E-state index in [1.54, 1.807) is 0 Å². The Labute approximate surface area is 130 Å². The summed E-state index contributed by atoms with van der Waals surface area (Å²) < 4.78 is 5.67. The molecule has 1 fully saturated rings. The van der Waals surface area contributed by atoms with Gasteiger partial charge in [0.1, 0.15) is 5.75 Å². The van der Waals surface area contributed by atoms with Crippen molar-refractivity contribution in [2.75, 3.05) is 26.2 Å². The number of rotatable bonds is 4. The maximum atomic E-state index is 9.74. The normalized spacial score (nSPS) is 24.1. The molecular weight excluding hydrogens is 299 g/mol. The minimum Gasteiger partial charge on any atom is -0.493 e. The highest BCUT2D eigenvalue weighted by Crippen LogP contribution is 2.32. The third-order valence-electron chi connectivity index (χ3n) is 3.85. The van der Waals surface area contributed by atoms with Crippen molar-refractivity contribution in [1.82, 2.24) is 10.6 Å². The molecule has 0 bridgehead atoms. The molecule has 0 amide bonds. The standard InChI is InChI=1S/C14H19ClN2O2.ClH/c15-12-3-9-1-2-19-14(9)10(4-12)5-16-6-11-7-17-8-13(11)18;/h3-4,11,13,16-18H,1-2,5-8H2;1H.